The van der Waals surface area contributed by atoms with E-state index in [9.17, 15) is 9.59 Å². The first-order valence-electron chi connectivity index (χ1n) is 8.90. The van der Waals surface area contributed by atoms with Gasteiger partial charge in [0.15, 0.2) is 5.65 Å². The van der Waals surface area contributed by atoms with Crippen molar-refractivity contribution in [3.63, 3.8) is 0 Å². The molecular weight excluding hydrogens is 342 g/mol. The number of nitrogens with one attached hydrogen (secondary N) is 2. The van der Waals surface area contributed by atoms with Crippen LogP contribution < -0.4 is 10.6 Å². The number of fused-ring (bicyclic) bond motifs is 1. The van der Waals surface area contributed by atoms with E-state index in [1.807, 2.05) is 32.4 Å². The summed E-state index contributed by atoms with van der Waals surface area (Å²) in [7, 11) is 0. The highest BCUT2D eigenvalue weighted by Crippen LogP contribution is 2.19. The Hall–Kier alpha value is -3.22. The Morgan fingerprint density at radius 2 is 1.59 bits per heavy atom. The molecule has 0 saturated carbocycles. The first-order valence-corrected chi connectivity index (χ1v) is 8.90. The van der Waals surface area contributed by atoms with E-state index in [0.717, 1.165) is 11.0 Å². The number of hydrogen-bond donors (Lipinski definition) is 2. The summed E-state index contributed by atoms with van der Waals surface area (Å²) in [6.45, 7) is 7.73. The molecule has 3 rings (SSSR count). The number of benzene rings is 1. The van der Waals surface area contributed by atoms with Gasteiger partial charge in [0.2, 0.25) is 5.91 Å². The van der Waals surface area contributed by atoms with Gasteiger partial charge < -0.3 is 10.6 Å². The molecule has 0 aliphatic rings. The third-order valence-corrected chi connectivity index (χ3v) is 4.12. The second-order valence-corrected chi connectivity index (χ2v) is 7.00. The maximum Gasteiger partial charge on any atom is 0.257 e. The van der Waals surface area contributed by atoms with Crippen LogP contribution in [0.15, 0.2) is 42.7 Å². The van der Waals surface area contributed by atoms with Crippen molar-refractivity contribution in [2.24, 2.45) is 5.92 Å². The lowest BCUT2D eigenvalue weighted by molar-refractivity contribution is -0.118. The number of anilines is 2. The van der Waals surface area contributed by atoms with Gasteiger partial charge in [0.1, 0.15) is 0 Å². The number of aromatic nitrogens is 3. The molecule has 2 amide bonds. The standard InChI is InChI=1S/C20H23N5O2/c1-12(2)19(26)23-16-5-7-17(8-6-16)24-20(27)15-9-14-11-22-25(13(3)4)18(14)21-10-15/h5-13H,1-4H3,(H,23,26)(H,24,27). The normalized spacial score (nSPS) is 11.2. The van der Waals surface area contributed by atoms with Crippen LogP contribution in [0.25, 0.3) is 11.0 Å². The summed E-state index contributed by atoms with van der Waals surface area (Å²) >= 11 is 0. The maximum absolute atomic E-state index is 12.5. The van der Waals surface area contributed by atoms with Crippen molar-refractivity contribution in [3.05, 3.63) is 48.3 Å². The molecule has 140 valence electrons. The molecular formula is C20H23N5O2. The number of carbonyl (C=O) groups excluding carboxylic acids is 2. The van der Waals surface area contributed by atoms with Crippen LogP contribution in [0.5, 0.6) is 0 Å². The second-order valence-electron chi connectivity index (χ2n) is 7.00. The van der Waals surface area contributed by atoms with Crippen LogP contribution in [-0.4, -0.2) is 26.6 Å². The fourth-order valence-corrected chi connectivity index (χ4v) is 2.57. The van der Waals surface area contributed by atoms with E-state index in [-0.39, 0.29) is 23.8 Å². The summed E-state index contributed by atoms with van der Waals surface area (Å²) in [4.78, 5) is 28.6. The molecule has 2 N–H and O–H groups in total. The Kier molecular flexibility index (Phi) is 5.21. The monoisotopic (exact) mass is 365 g/mol. The van der Waals surface area contributed by atoms with Gasteiger partial charge in [-0.05, 0) is 44.2 Å². The van der Waals surface area contributed by atoms with Crippen LogP contribution in [-0.2, 0) is 4.79 Å². The van der Waals surface area contributed by atoms with Crippen LogP contribution in [0.4, 0.5) is 11.4 Å². The molecule has 0 saturated heterocycles. The van der Waals surface area contributed by atoms with Crippen molar-refractivity contribution >= 4 is 34.2 Å². The van der Waals surface area contributed by atoms with Crippen molar-refractivity contribution in [1.82, 2.24) is 14.8 Å². The van der Waals surface area contributed by atoms with Crippen LogP contribution in [0, 0.1) is 5.92 Å². The lowest BCUT2D eigenvalue weighted by atomic mass is 10.2. The van der Waals surface area contributed by atoms with Crippen molar-refractivity contribution in [2.45, 2.75) is 33.7 Å². The van der Waals surface area contributed by atoms with Crippen molar-refractivity contribution in [1.29, 1.82) is 0 Å². The molecule has 0 aliphatic heterocycles. The number of pyridine rings is 1. The molecule has 0 spiro atoms. The van der Waals surface area contributed by atoms with E-state index in [2.05, 4.69) is 20.7 Å². The molecule has 0 radical (unpaired) electrons. The topological polar surface area (TPSA) is 88.9 Å². The zero-order valence-corrected chi connectivity index (χ0v) is 15.9. The molecule has 2 aromatic heterocycles. The van der Waals surface area contributed by atoms with Gasteiger partial charge in [-0.2, -0.15) is 5.10 Å². The Labute approximate surface area is 157 Å². The van der Waals surface area contributed by atoms with E-state index in [1.165, 1.54) is 0 Å². The minimum Gasteiger partial charge on any atom is -0.326 e. The van der Waals surface area contributed by atoms with Gasteiger partial charge in [-0.3, -0.25) is 9.59 Å². The van der Waals surface area contributed by atoms with Gasteiger partial charge >= 0.3 is 0 Å². The van der Waals surface area contributed by atoms with Gasteiger partial charge in [0.05, 0.1) is 11.8 Å². The van der Waals surface area contributed by atoms with E-state index in [4.69, 9.17) is 0 Å². The molecule has 0 aliphatic carbocycles. The van der Waals surface area contributed by atoms with Crippen molar-refractivity contribution in [2.75, 3.05) is 10.6 Å². The minimum atomic E-state index is -0.249. The Morgan fingerprint density at radius 1 is 0.963 bits per heavy atom. The molecule has 27 heavy (non-hydrogen) atoms. The highest BCUT2D eigenvalue weighted by molar-refractivity contribution is 6.05. The molecule has 2 heterocycles. The summed E-state index contributed by atoms with van der Waals surface area (Å²) in [5, 5.41) is 10.8. The van der Waals surface area contributed by atoms with Crippen molar-refractivity contribution < 1.29 is 9.59 Å². The summed E-state index contributed by atoms with van der Waals surface area (Å²) in [5.74, 6) is -0.388. The average molecular weight is 365 g/mol. The van der Waals surface area contributed by atoms with Crippen LogP contribution in [0.3, 0.4) is 0 Å². The van der Waals surface area contributed by atoms with E-state index in [0.29, 0.717) is 16.9 Å². The fourth-order valence-electron chi connectivity index (χ4n) is 2.57. The lowest BCUT2D eigenvalue weighted by Gasteiger charge is -2.10. The molecule has 0 fully saturated rings. The maximum atomic E-state index is 12.5. The number of rotatable bonds is 5. The molecule has 0 unspecified atom stereocenters. The summed E-state index contributed by atoms with van der Waals surface area (Å²) < 4.78 is 1.82. The Balaban J connectivity index is 1.71. The zero-order chi connectivity index (χ0) is 19.6. The highest BCUT2D eigenvalue weighted by atomic mass is 16.2. The van der Waals surface area contributed by atoms with Gasteiger partial charge in [-0.25, -0.2) is 9.67 Å². The van der Waals surface area contributed by atoms with Crippen LogP contribution >= 0.6 is 0 Å². The second kappa shape index (κ2) is 7.57. The number of amides is 2. The molecule has 7 heteroatoms. The van der Waals surface area contributed by atoms with E-state index < -0.39 is 0 Å². The fraction of sp³-hybridized carbons (Fsp3) is 0.300. The smallest absolute Gasteiger partial charge is 0.257 e. The largest absolute Gasteiger partial charge is 0.326 e. The van der Waals surface area contributed by atoms with Gasteiger partial charge in [0, 0.05) is 34.9 Å². The average Bonchev–Trinajstić information content (AvgIpc) is 3.06. The number of nitrogens with zero attached hydrogens (tertiary/aromatic N) is 3. The lowest BCUT2D eigenvalue weighted by Crippen LogP contribution is -2.17. The van der Waals surface area contributed by atoms with Gasteiger partial charge in [-0.1, -0.05) is 13.8 Å². The molecule has 7 nitrogen and oxygen atoms in total. The van der Waals surface area contributed by atoms with E-state index >= 15 is 0 Å². The third-order valence-electron chi connectivity index (χ3n) is 4.12. The molecule has 1 aromatic carbocycles. The summed E-state index contributed by atoms with van der Waals surface area (Å²) in [5.41, 5.74) is 2.55. The van der Waals surface area contributed by atoms with Crippen LogP contribution in [0.2, 0.25) is 0 Å². The van der Waals surface area contributed by atoms with Gasteiger partial charge in [0.25, 0.3) is 5.91 Å². The van der Waals surface area contributed by atoms with Crippen LogP contribution in [0.1, 0.15) is 44.1 Å². The summed E-state index contributed by atoms with van der Waals surface area (Å²) in [6.07, 6.45) is 3.26. The first-order chi connectivity index (χ1) is 12.8. The minimum absolute atomic E-state index is 0.0480. The van der Waals surface area contributed by atoms with Crippen molar-refractivity contribution in [3.8, 4) is 0 Å². The summed E-state index contributed by atoms with van der Waals surface area (Å²) in [6, 6.07) is 8.98. The SMILES string of the molecule is CC(C)C(=O)Nc1ccc(NC(=O)c2cnc3c(cnn3C(C)C)c2)cc1. The number of carbonyl (C=O) groups is 2. The zero-order valence-electron chi connectivity index (χ0n) is 15.9. The number of hydrogen-bond acceptors (Lipinski definition) is 4. The molecule has 3 aromatic rings. The third kappa shape index (κ3) is 4.13. The predicted octanol–water partition coefficient (Wildman–Crippen LogP) is 3.86. The molecule has 0 atom stereocenters. The highest BCUT2D eigenvalue weighted by Gasteiger charge is 2.12. The van der Waals surface area contributed by atoms with E-state index in [1.54, 1.807) is 42.7 Å². The quantitative estimate of drug-likeness (QED) is 0.718. The first kappa shape index (κ1) is 18.6. The Morgan fingerprint density at radius 3 is 2.19 bits per heavy atom. The Bertz CT molecular complexity index is 974. The predicted molar refractivity (Wildman–Crippen MR) is 106 cm³/mol. The molecule has 0 bridgehead atoms. The van der Waals surface area contributed by atoms with Gasteiger partial charge in [-0.15, -0.1) is 0 Å².